The number of hydrogen-bond donors (Lipinski definition) is 0. The van der Waals surface area contributed by atoms with E-state index in [1.54, 1.807) is 0 Å². The van der Waals surface area contributed by atoms with Crippen LogP contribution in [-0.2, 0) is 0 Å². The molecule has 0 aliphatic heterocycles. The molecule has 0 bridgehead atoms. The number of hydrogen-bond acceptors (Lipinski definition) is 2. The van der Waals surface area contributed by atoms with Crippen LogP contribution in [0.1, 0.15) is 17.3 Å². The summed E-state index contributed by atoms with van der Waals surface area (Å²) in [6.45, 7) is 1.35. The lowest BCUT2D eigenvalue weighted by molar-refractivity contribution is 0.101. The molecular weight excluding hydrogens is 326 g/mol. The van der Waals surface area contributed by atoms with E-state index < -0.39 is 5.82 Å². The summed E-state index contributed by atoms with van der Waals surface area (Å²) in [4.78, 5) is 11.1. The van der Waals surface area contributed by atoms with E-state index in [2.05, 4.69) is 0 Å². The summed E-state index contributed by atoms with van der Waals surface area (Å²) in [5.74, 6) is -0.784. The quantitative estimate of drug-likeness (QED) is 0.525. The molecule has 2 nitrogen and oxygen atoms in total. The molecule has 0 unspecified atom stereocenters. The Morgan fingerprint density at radius 2 is 1.65 bits per heavy atom. The van der Waals surface area contributed by atoms with Gasteiger partial charge in [0.25, 0.3) is 0 Å². The van der Waals surface area contributed by atoms with Gasteiger partial charge in [-0.15, -0.1) is 0 Å². The van der Waals surface area contributed by atoms with Crippen molar-refractivity contribution in [3.63, 3.8) is 0 Å². The van der Waals surface area contributed by atoms with E-state index in [4.69, 9.17) is 39.5 Å². The third kappa shape index (κ3) is 3.23. The summed E-state index contributed by atoms with van der Waals surface area (Å²) in [6, 6.07) is 6.72. The Labute approximate surface area is 130 Å². The van der Waals surface area contributed by atoms with E-state index in [0.29, 0.717) is 0 Å². The molecule has 0 saturated carbocycles. The molecule has 2 aromatic rings. The van der Waals surface area contributed by atoms with E-state index in [9.17, 15) is 9.18 Å². The van der Waals surface area contributed by atoms with Crippen molar-refractivity contribution in [2.24, 2.45) is 0 Å². The molecule has 2 rings (SSSR count). The van der Waals surface area contributed by atoms with Crippen molar-refractivity contribution in [1.82, 2.24) is 0 Å². The smallest absolute Gasteiger partial charge is 0.166 e. The lowest BCUT2D eigenvalue weighted by Crippen LogP contribution is -1.95. The third-order valence-corrected chi connectivity index (χ3v) is 3.55. The average Bonchev–Trinajstić information content (AvgIpc) is 2.37. The first-order valence-corrected chi connectivity index (χ1v) is 6.64. The van der Waals surface area contributed by atoms with E-state index >= 15 is 0 Å². The van der Waals surface area contributed by atoms with Gasteiger partial charge in [0.05, 0.1) is 15.1 Å². The maximum Gasteiger partial charge on any atom is 0.166 e. The molecule has 0 atom stereocenters. The number of benzene rings is 2. The molecule has 0 heterocycles. The van der Waals surface area contributed by atoms with Crippen molar-refractivity contribution in [3.8, 4) is 11.5 Å². The first kappa shape index (κ1) is 15.1. The predicted octanol–water partition coefficient (Wildman–Crippen LogP) is 5.78. The fourth-order valence-electron chi connectivity index (χ4n) is 1.50. The maximum atomic E-state index is 13.8. The minimum atomic E-state index is -0.667. The van der Waals surface area contributed by atoms with Gasteiger partial charge in [0, 0.05) is 11.6 Å². The molecule has 0 aliphatic rings. The third-order valence-electron chi connectivity index (χ3n) is 2.53. The lowest BCUT2D eigenvalue weighted by Gasteiger charge is -2.10. The van der Waals surface area contributed by atoms with Crippen LogP contribution in [0.5, 0.6) is 11.5 Å². The van der Waals surface area contributed by atoms with Gasteiger partial charge in [0.1, 0.15) is 5.75 Å². The zero-order valence-electron chi connectivity index (χ0n) is 10.2. The van der Waals surface area contributed by atoms with Gasteiger partial charge >= 0.3 is 0 Å². The summed E-state index contributed by atoms with van der Waals surface area (Å²) >= 11 is 17.6. The van der Waals surface area contributed by atoms with Gasteiger partial charge in [0.2, 0.25) is 0 Å². The first-order chi connectivity index (χ1) is 9.38. The number of ketones is 1. The minimum Gasteiger partial charge on any atom is -0.453 e. The van der Waals surface area contributed by atoms with Gasteiger partial charge in [-0.25, -0.2) is 4.39 Å². The molecule has 0 radical (unpaired) electrons. The van der Waals surface area contributed by atoms with Crippen LogP contribution in [0.2, 0.25) is 15.1 Å². The Bertz CT molecular complexity index is 686. The van der Waals surface area contributed by atoms with Crippen molar-refractivity contribution >= 4 is 40.6 Å². The fraction of sp³-hybridized carbons (Fsp3) is 0.0714. The minimum absolute atomic E-state index is 0.0599. The Kier molecular flexibility index (Phi) is 4.53. The zero-order valence-corrected chi connectivity index (χ0v) is 12.5. The molecule has 0 fully saturated rings. The van der Waals surface area contributed by atoms with Gasteiger partial charge in [-0.1, -0.05) is 34.8 Å². The summed E-state index contributed by atoms with van der Waals surface area (Å²) in [7, 11) is 0. The summed E-state index contributed by atoms with van der Waals surface area (Å²) < 4.78 is 19.2. The van der Waals surface area contributed by atoms with Gasteiger partial charge in [-0.2, -0.15) is 0 Å². The number of Topliss-reactive ketones (excluding diaryl/α,β-unsaturated/α-hetero) is 1. The van der Waals surface area contributed by atoms with Crippen molar-refractivity contribution in [2.45, 2.75) is 6.92 Å². The highest BCUT2D eigenvalue weighted by Crippen LogP contribution is 2.37. The predicted molar refractivity (Wildman–Crippen MR) is 78.0 cm³/mol. The second-order valence-corrected chi connectivity index (χ2v) is 5.22. The van der Waals surface area contributed by atoms with Gasteiger partial charge < -0.3 is 4.74 Å². The number of carbonyl (C=O) groups is 1. The van der Waals surface area contributed by atoms with Gasteiger partial charge in [-0.3, -0.25) is 4.79 Å². The largest absolute Gasteiger partial charge is 0.453 e. The standard InChI is InChI=1S/C14H8Cl3FO2/c1-7(19)8-2-3-13(12(18)4-8)20-14-6-10(16)9(15)5-11(14)17/h2-6H,1H3. The first-order valence-electron chi connectivity index (χ1n) is 5.51. The van der Waals surface area contributed by atoms with Crippen LogP contribution in [0.4, 0.5) is 4.39 Å². The van der Waals surface area contributed by atoms with Crippen LogP contribution in [0, 0.1) is 5.82 Å². The molecule has 104 valence electrons. The number of ether oxygens (including phenoxy) is 1. The summed E-state index contributed by atoms with van der Waals surface area (Å²) in [5, 5.41) is 0.720. The molecule has 20 heavy (non-hydrogen) atoms. The van der Waals surface area contributed by atoms with Crippen molar-refractivity contribution in [2.75, 3.05) is 0 Å². The van der Waals surface area contributed by atoms with Crippen molar-refractivity contribution in [1.29, 1.82) is 0 Å². The molecule has 0 aromatic heterocycles. The lowest BCUT2D eigenvalue weighted by atomic mass is 10.1. The summed E-state index contributed by atoms with van der Waals surface area (Å²) in [5.41, 5.74) is 0.259. The number of halogens is 4. The molecule has 0 aliphatic carbocycles. The van der Waals surface area contributed by atoms with Gasteiger partial charge in [0.15, 0.2) is 17.3 Å². The topological polar surface area (TPSA) is 26.3 Å². The highest BCUT2D eigenvalue weighted by atomic mass is 35.5. The molecule has 0 spiro atoms. The zero-order chi connectivity index (χ0) is 14.9. The van der Waals surface area contributed by atoms with Gasteiger partial charge in [-0.05, 0) is 31.2 Å². The monoisotopic (exact) mass is 332 g/mol. The van der Waals surface area contributed by atoms with E-state index in [0.717, 1.165) is 6.07 Å². The van der Waals surface area contributed by atoms with Crippen LogP contribution >= 0.6 is 34.8 Å². The molecule has 0 amide bonds. The second-order valence-electron chi connectivity index (χ2n) is 4.00. The normalized spacial score (nSPS) is 10.4. The number of carbonyl (C=O) groups excluding carboxylic acids is 1. The van der Waals surface area contributed by atoms with Crippen LogP contribution in [0.15, 0.2) is 30.3 Å². The highest BCUT2D eigenvalue weighted by molar-refractivity contribution is 6.43. The molecule has 2 aromatic carbocycles. The Morgan fingerprint density at radius 1 is 1.00 bits per heavy atom. The molecule has 6 heteroatoms. The fourth-order valence-corrected chi connectivity index (χ4v) is 2.08. The average molecular weight is 334 g/mol. The Hall–Kier alpha value is -1.29. The van der Waals surface area contributed by atoms with Crippen LogP contribution in [0.25, 0.3) is 0 Å². The molecular formula is C14H8Cl3FO2. The van der Waals surface area contributed by atoms with E-state index in [1.807, 2.05) is 0 Å². The number of rotatable bonds is 3. The molecule has 0 N–H and O–H groups in total. The Morgan fingerprint density at radius 3 is 2.25 bits per heavy atom. The van der Waals surface area contributed by atoms with Crippen molar-refractivity contribution < 1.29 is 13.9 Å². The SMILES string of the molecule is CC(=O)c1ccc(Oc2cc(Cl)c(Cl)cc2Cl)c(F)c1. The maximum absolute atomic E-state index is 13.8. The van der Waals surface area contributed by atoms with Crippen LogP contribution < -0.4 is 4.74 Å². The van der Waals surface area contributed by atoms with Crippen LogP contribution in [0.3, 0.4) is 0 Å². The summed E-state index contributed by atoms with van der Waals surface area (Å²) in [6.07, 6.45) is 0. The van der Waals surface area contributed by atoms with Crippen molar-refractivity contribution in [3.05, 3.63) is 56.8 Å². The Balaban J connectivity index is 2.35. The van der Waals surface area contributed by atoms with Crippen LogP contribution in [-0.4, -0.2) is 5.78 Å². The second kappa shape index (κ2) is 6.00. The van der Waals surface area contributed by atoms with E-state index in [-0.39, 0.29) is 37.9 Å². The molecule has 0 saturated heterocycles. The van der Waals surface area contributed by atoms with E-state index in [1.165, 1.54) is 31.2 Å². The highest BCUT2D eigenvalue weighted by Gasteiger charge is 2.12.